The van der Waals surface area contributed by atoms with Crippen LogP contribution < -0.4 is 5.32 Å². The van der Waals surface area contributed by atoms with Gasteiger partial charge in [0.15, 0.2) is 0 Å². The van der Waals surface area contributed by atoms with Crippen LogP contribution in [0.1, 0.15) is 37.8 Å². The molecular formula is C14H23N. The minimum Gasteiger partial charge on any atom is -0.317 e. The molecule has 84 valence electrons. The first kappa shape index (κ1) is 12.3. The summed E-state index contributed by atoms with van der Waals surface area (Å²) in [5.41, 5.74) is 2.90. The van der Waals surface area contributed by atoms with E-state index in [1.54, 1.807) is 0 Å². The fourth-order valence-corrected chi connectivity index (χ4v) is 1.68. The molecule has 1 heteroatoms. The van der Waals surface area contributed by atoms with Crippen LogP contribution in [0.4, 0.5) is 0 Å². The minimum absolute atomic E-state index is 0.562. The fraction of sp³-hybridized carbons (Fsp3) is 0.571. The van der Waals surface area contributed by atoms with Crippen molar-refractivity contribution in [3.63, 3.8) is 0 Å². The normalized spacial score (nSPS) is 12.7. The summed E-state index contributed by atoms with van der Waals surface area (Å²) in [6, 6.07) is 9.63. The number of rotatable bonds is 6. The molecule has 0 spiro atoms. The Morgan fingerprint density at radius 3 is 2.27 bits per heavy atom. The fourth-order valence-electron chi connectivity index (χ4n) is 1.68. The van der Waals surface area contributed by atoms with Crippen LogP contribution in [0.5, 0.6) is 0 Å². The molecule has 1 N–H and O–H groups in total. The predicted molar refractivity (Wildman–Crippen MR) is 67.3 cm³/mol. The summed E-state index contributed by atoms with van der Waals surface area (Å²) in [4.78, 5) is 0. The molecule has 1 aromatic rings. The van der Waals surface area contributed by atoms with Crippen molar-refractivity contribution in [2.75, 3.05) is 7.05 Å². The topological polar surface area (TPSA) is 12.0 Å². The first-order valence-electron chi connectivity index (χ1n) is 6.01. The van der Waals surface area contributed by atoms with Crippen LogP contribution in [0.3, 0.4) is 0 Å². The second kappa shape index (κ2) is 6.62. The van der Waals surface area contributed by atoms with Gasteiger partial charge in [-0.1, -0.05) is 37.6 Å². The predicted octanol–water partition coefficient (Wildman–Crippen LogP) is 3.18. The van der Waals surface area contributed by atoms with Crippen molar-refractivity contribution >= 4 is 0 Å². The first-order valence-corrected chi connectivity index (χ1v) is 6.01. The zero-order valence-electron chi connectivity index (χ0n) is 10.2. The molecule has 0 saturated heterocycles. The van der Waals surface area contributed by atoms with Crippen LogP contribution >= 0.6 is 0 Å². The zero-order chi connectivity index (χ0) is 11.1. The summed E-state index contributed by atoms with van der Waals surface area (Å²) in [6.07, 6.45) is 4.91. The van der Waals surface area contributed by atoms with E-state index in [2.05, 4.69) is 43.4 Å². The summed E-state index contributed by atoms with van der Waals surface area (Å²) in [5, 5.41) is 3.26. The lowest BCUT2D eigenvalue weighted by Gasteiger charge is -2.10. The lowest BCUT2D eigenvalue weighted by atomic mass is 10.0. The summed E-state index contributed by atoms with van der Waals surface area (Å²) in [6.45, 7) is 4.45. The SMILES string of the molecule is CCCCc1ccc(CC(C)NC)cc1. The van der Waals surface area contributed by atoms with Crippen LogP contribution in [0.2, 0.25) is 0 Å². The van der Waals surface area contributed by atoms with Crippen molar-refractivity contribution in [3.8, 4) is 0 Å². The summed E-state index contributed by atoms with van der Waals surface area (Å²) in [7, 11) is 2.01. The van der Waals surface area contributed by atoms with Gasteiger partial charge in [0.25, 0.3) is 0 Å². The van der Waals surface area contributed by atoms with E-state index >= 15 is 0 Å². The Balaban J connectivity index is 2.48. The number of likely N-dealkylation sites (N-methyl/N-ethyl adjacent to an activating group) is 1. The summed E-state index contributed by atoms with van der Waals surface area (Å²) < 4.78 is 0. The molecule has 0 heterocycles. The molecule has 0 radical (unpaired) electrons. The molecule has 1 atom stereocenters. The standard InChI is InChI=1S/C14H23N/c1-4-5-6-13-7-9-14(10-8-13)11-12(2)15-3/h7-10,12,15H,4-6,11H2,1-3H3. The van der Waals surface area contributed by atoms with Crippen LogP contribution in [-0.2, 0) is 12.8 Å². The molecule has 0 aliphatic rings. The quantitative estimate of drug-likeness (QED) is 0.752. The highest BCUT2D eigenvalue weighted by Gasteiger charge is 2.00. The molecular weight excluding hydrogens is 182 g/mol. The van der Waals surface area contributed by atoms with Gasteiger partial charge in [-0.3, -0.25) is 0 Å². The largest absolute Gasteiger partial charge is 0.317 e. The molecule has 0 saturated carbocycles. The van der Waals surface area contributed by atoms with Crippen LogP contribution in [0.25, 0.3) is 0 Å². The molecule has 1 rings (SSSR count). The smallest absolute Gasteiger partial charge is 0.00761 e. The molecule has 1 unspecified atom stereocenters. The minimum atomic E-state index is 0.562. The second-order valence-corrected chi connectivity index (χ2v) is 4.31. The summed E-state index contributed by atoms with van der Waals surface area (Å²) >= 11 is 0. The maximum Gasteiger partial charge on any atom is 0.00761 e. The highest BCUT2D eigenvalue weighted by atomic mass is 14.8. The van der Waals surface area contributed by atoms with E-state index in [1.165, 1.54) is 30.4 Å². The van der Waals surface area contributed by atoms with Crippen LogP contribution in [0, 0.1) is 0 Å². The van der Waals surface area contributed by atoms with E-state index < -0.39 is 0 Å². The molecule has 0 aromatic heterocycles. The molecule has 1 aromatic carbocycles. The molecule has 0 amide bonds. The van der Waals surface area contributed by atoms with Crippen molar-refractivity contribution in [1.29, 1.82) is 0 Å². The van der Waals surface area contributed by atoms with Crippen LogP contribution in [-0.4, -0.2) is 13.1 Å². The summed E-state index contributed by atoms with van der Waals surface area (Å²) in [5.74, 6) is 0. The highest BCUT2D eigenvalue weighted by Crippen LogP contribution is 2.09. The second-order valence-electron chi connectivity index (χ2n) is 4.31. The van der Waals surface area contributed by atoms with E-state index in [9.17, 15) is 0 Å². The Labute approximate surface area is 93.9 Å². The van der Waals surface area contributed by atoms with E-state index in [1.807, 2.05) is 7.05 Å². The van der Waals surface area contributed by atoms with Crippen molar-refractivity contribution < 1.29 is 0 Å². The van der Waals surface area contributed by atoms with Gasteiger partial charge in [0, 0.05) is 6.04 Å². The number of benzene rings is 1. The van der Waals surface area contributed by atoms with Gasteiger partial charge < -0.3 is 5.32 Å². The lowest BCUT2D eigenvalue weighted by molar-refractivity contribution is 0.608. The van der Waals surface area contributed by atoms with Crippen molar-refractivity contribution in [2.24, 2.45) is 0 Å². The number of nitrogens with one attached hydrogen (secondary N) is 1. The van der Waals surface area contributed by atoms with Crippen LogP contribution in [0.15, 0.2) is 24.3 Å². The van der Waals surface area contributed by atoms with Gasteiger partial charge in [0.2, 0.25) is 0 Å². The third-order valence-electron chi connectivity index (χ3n) is 2.88. The van der Waals surface area contributed by atoms with Crippen molar-refractivity contribution in [3.05, 3.63) is 35.4 Å². The number of aryl methyl sites for hydroxylation is 1. The third-order valence-corrected chi connectivity index (χ3v) is 2.88. The van der Waals surface area contributed by atoms with Crippen molar-refractivity contribution in [2.45, 2.75) is 45.6 Å². The molecule has 1 nitrogen and oxygen atoms in total. The molecule has 0 aliphatic heterocycles. The highest BCUT2D eigenvalue weighted by molar-refractivity contribution is 5.23. The Bertz CT molecular complexity index is 263. The Kier molecular flexibility index (Phi) is 5.41. The van der Waals surface area contributed by atoms with Gasteiger partial charge in [0.05, 0.1) is 0 Å². The average Bonchev–Trinajstić information content (AvgIpc) is 2.28. The van der Waals surface area contributed by atoms with Crippen molar-refractivity contribution in [1.82, 2.24) is 5.32 Å². The monoisotopic (exact) mass is 205 g/mol. The number of hydrogen-bond acceptors (Lipinski definition) is 1. The maximum absolute atomic E-state index is 3.26. The van der Waals surface area contributed by atoms with E-state index in [0.29, 0.717) is 6.04 Å². The van der Waals surface area contributed by atoms with Gasteiger partial charge in [-0.2, -0.15) is 0 Å². The third kappa shape index (κ3) is 4.48. The van der Waals surface area contributed by atoms with Gasteiger partial charge >= 0.3 is 0 Å². The number of hydrogen-bond donors (Lipinski definition) is 1. The number of unbranched alkanes of at least 4 members (excludes halogenated alkanes) is 1. The Morgan fingerprint density at radius 1 is 1.13 bits per heavy atom. The van der Waals surface area contributed by atoms with Gasteiger partial charge in [-0.25, -0.2) is 0 Å². The van der Waals surface area contributed by atoms with Gasteiger partial charge in [0.1, 0.15) is 0 Å². The van der Waals surface area contributed by atoms with E-state index in [-0.39, 0.29) is 0 Å². The van der Waals surface area contributed by atoms with Gasteiger partial charge in [-0.15, -0.1) is 0 Å². The molecule has 15 heavy (non-hydrogen) atoms. The molecule has 0 aliphatic carbocycles. The maximum atomic E-state index is 3.26. The van der Waals surface area contributed by atoms with E-state index in [0.717, 1.165) is 6.42 Å². The zero-order valence-corrected chi connectivity index (χ0v) is 10.2. The first-order chi connectivity index (χ1) is 7.26. The molecule has 0 bridgehead atoms. The Hall–Kier alpha value is -0.820. The average molecular weight is 205 g/mol. The molecule has 0 fully saturated rings. The lowest BCUT2D eigenvalue weighted by Crippen LogP contribution is -2.23. The Morgan fingerprint density at radius 2 is 1.73 bits per heavy atom. The van der Waals surface area contributed by atoms with Gasteiger partial charge in [-0.05, 0) is 44.4 Å². The van der Waals surface area contributed by atoms with E-state index in [4.69, 9.17) is 0 Å².